The van der Waals surface area contributed by atoms with Gasteiger partial charge >= 0.3 is 0 Å². The van der Waals surface area contributed by atoms with E-state index in [2.05, 4.69) is 20.5 Å². The number of ether oxygens (including phenoxy) is 2. The second-order valence-corrected chi connectivity index (χ2v) is 6.43. The Morgan fingerprint density at radius 1 is 1.11 bits per heavy atom. The summed E-state index contributed by atoms with van der Waals surface area (Å²) in [6.45, 7) is 2.54. The van der Waals surface area contributed by atoms with Crippen molar-refractivity contribution in [3.8, 4) is 22.9 Å². The van der Waals surface area contributed by atoms with Crippen molar-refractivity contribution in [3.63, 3.8) is 0 Å². The van der Waals surface area contributed by atoms with Gasteiger partial charge in [0, 0.05) is 11.3 Å². The van der Waals surface area contributed by atoms with Crippen LogP contribution in [-0.4, -0.2) is 40.6 Å². The Morgan fingerprint density at radius 2 is 1.81 bits per heavy atom. The van der Waals surface area contributed by atoms with Gasteiger partial charge in [-0.15, -0.1) is 5.10 Å². The zero-order valence-electron chi connectivity index (χ0n) is 15.1. The van der Waals surface area contributed by atoms with E-state index < -0.39 is 0 Å². The van der Waals surface area contributed by atoms with Gasteiger partial charge in [0.25, 0.3) is 0 Å². The molecule has 27 heavy (non-hydrogen) atoms. The van der Waals surface area contributed by atoms with Crippen LogP contribution in [0.1, 0.15) is 6.92 Å². The molecule has 0 aliphatic rings. The minimum absolute atomic E-state index is 0.125. The first kappa shape index (κ1) is 18.8. The van der Waals surface area contributed by atoms with E-state index in [1.807, 2.05) is 55.5 Å². The second-order valence-electron chi connectivity index (χ2n) is 5.49. The molecule has 0 saturated carbocycles. The summed E-state index contributed by atoms with van der Waals surface area (Å²) in [6.07, 6.45) is 0. The zero-order valence-corrected chi connectivity index (χ0v) is 15.9. The van der Waals surface area contributed by atoms with E-state index in [-0.39, 0.29) is 11.7 Å². The molecule has 1 amide bonds. The Kier molecular flexibility index (Phi) is 6.32. The van der Waals surface area contributed by atoms with Crippen molar-refractivity contribution >= 4 is 23.4 Å². The number of hydrogen-bond donors (Lipinski definition) is 2. The normalized spacial score (nSPS) is 10.4. The van der Waals surface area contributed by atoms with Crippen molar-refractivity contribution in [2.75, 3.05) is 24.8 Å². The smallest absolute Gasteiger partial charge is 0.234 e. The average molecular weight is 384 g/mol. The van der Waals surface area contributed by atoms with Crippen molar-refractivity contribution in [2.45, 2.75) is 12.1 Å². The summed E-state index contributed by atoms with van der Waals surface area (Å²) in [5, 5.41) is 10.4. The quantitative estimate of drug-likeness (QED) is 0.577. The number of hydrogen-bond acceptors (Lipinski definition) is 6. The molecule has 7 nitrogen and oxygen atoms in total. The number of carbonyl (C=O) groups is 1. The molecule has 2 aromatic carbocycles. The average Bonchev–Trinajstić information content (AvgIpc) is 3.17. The molecule has 0 fully saturated rings. The lowest BCUT2D eigenvalue weighted by Crippen LogP contribution is -2.14. The Hall–Kier alpha value is -3.00. The zero-order chi connectivity index (χ0) is 19.1. The van der Waals surface area contributed by atoms with Crippen LogP contribution in [-0.2, 0) is 4.79 Å². The molecule has 140 valence electrons. The molecule has 0 radical (unpaired) electrons. The monoisotopic (exact) mass is 384 g/mol. The first-order valence-electron chi connectivity index (χ1n) is 8.40. The van der Waals surface area contributed by atoms with E-state index in [1.165, 1.54) is 11.8 Å². The topological polar surface area (TPSA) is 89.1 Å². The van der Waals surface area contributed by atoms with Crippen LogP contribution < -0.4 is 14.8 Å². The fourth-order valence-electron chi connectivity index (χ4n) is 2.32. The number of anilines is 1. The van der Waals surface area contributed by atoms with Gasteiger partial charge in [-0.2, -0.15) is 0 Å². The van der Waals surface area contributed by atoms with Crippen LogP contribution in [0, 0.1) is 0 Å². The van der Waals surface area contributed by atoms with Gasteiger partial charge in [-0.1, -0.05) is 11.8 Å². The van der Waals surface area contributed by atoms with E-state index in [1.54, 1.807) is 7.11 Å². The number of aromatic nitrogens is 3. The van der Waals surface area contributed by atoms with Crippen LogP contribution in [0.15, 0.2) is 53.7 Å². The second kappa shape index (κ2) is 9.09. The molecule has 1 aromatic heterocycles. The van der Waals surface area contributed by atoms with Crippen molar-refractivity contribution in [1.82, 2.24) is 15.2 Å². The molecule has 3 aromatic rings. The Morgan fingerprint density at radius 3 is 2.48 bits per heavy atom. The number of methoxy groups -OCH3 is 1. The highest BCUT2D eigenvalue weighted by atomic mass is 32.2. The maximum Gasteiger partial charge on any atom is 0.234 e. The van der Waals surface area contributed by atoms with Gasteiger partial charge in [-0.25, -0.2) is 4.98 Å². The van der Waals surface area contributed by atoms with Crippen molar-refractivity contribution in [3.05, 3.63) is 48.5 Å². The SMILES string of the molecule is CCOc1ccc(NC(=O)CSc2n[nH]c(-c3ccc(OC)cc3)n2)cc1. The Balaban J connectivity index is 1.52. The third-order valence-electron chi connectivity index (χ3n) is 3.61. The van der Waals surface area contributed by atoms with Crippen LogP contribution in [0.3, 0.4) is 0 Å². The number of amides is 1. The van der Waals surface area contributed by atoms with Gasteiger partial charge in [0.15, 0.2) is 5.82 Å². The minimum Gasteiger partial charge on any atom is -0.497 e. The highest BCUT2D eigenvalue weighted by molar-refractivity contribution is 7.99. The number of carbonyl (C=O) groups excluding carboxylic acids is 1. The van der Waals surface area contributed by atoms with Gasteiger partial charge in [0.05, 0.1) is 19.5 Å². The van der Waals surface area contributed by atoms with Crippen LogP contribution in [0.5, 0.6) is 11.5 Å². The standard InChI is InChI=1S/C19H20N4O3S/c1-3-26-16-10-6-14(7-11-16)20-17(24)12-27-19-21-18(22-23-19)13-4-8-15(25-2)9-5-13/h4-11H,3,12H2,1-2H3,(H,20,24)(H,21,22,23). The molecule has 0 spiro atoms. The number of thioether (sulfide) groups is 1. The summed E-state index contributed by atoms with van der Waals surface area (Å²) in [7, 11) is 1.62. The first-order valence-corrected chi connectivity index (χ1v) is 9.39. The van der Waals surface area contributed by atoms with E-state index in [0.29, 0.717) is 17.6 Å². The number of rotatable bonds is 8. The number of benzene rings is 2. The predicted octanol–water partition coefficient (Wildman–Crippen LogP) is 3.61. The molecule has 3 rings (SSSR count). The van der Waals surface area contributed by atoms with Crippen LogP contribution >= 0.6 is 11.8 Å². The number of H-pyrrole nitrogens is 1. The van der Waals surface area contributed by atoms with E-state index in [4.69, 9.17) is 9.47 Å². The lowest BCUT2D eigenvalue weighted by molar-refractivity contribution is -0.113. The molecule has 0 saturated heterocycles. The Labute approximate surface area is 161 Å². The maximum absolute atomic E-state index is 12.1. The van der Waals surface area contributed by atoms with Crippen LogP contribution in [0.2, 0.25) is 0 Å². The summed E-state index contributed by atoms with van der Waals surface area (Å²) in [4.78, 5) is 16.5. The fourth-order valence-corrected chi connectivity index (χ4v) is 2.92. The van der Waals surface area contributed by atoms with E-state index in [0.717, 1.165) is 22.7 Å². The van der Waals surface area contributed by atoms with E-state index in [9.17, 15) is 4.79 Å². The summed E-state index contributed by atoms with van der Waals surface area (Å²) < 4.78 is 10.5. The van der Waals surface area contributed by atoms with Gasteiger partial charge in [0.2, 0.25) is 11.1 Å². The lowest BCUT2D eigenvalue weighted by atomic mass is 10.2. The van der Waals surface area contributed by atoms with Gasteiger partial charge < -0.3 is 14.8 Å². The van der Waals surface area contributed by atoms with Crippen LogP contribution in [0.4, 0.5) is 5.69 Å². The number of nitrogens with zero attached hydrogens (tertiary/aromatic N) is 2. The molecule has 0 aliphatic heterocycles. The summed E-state index contributed by atoms with van der Waals surface area (Å²) in [5.74, 6) is 2.29. The molecule has 0 aliphatic carbocycles. The predicted molar refractivity (Wildman–Crippen MR) is 105 cm³/mol. The molecule has 0 unspecified atom stereocenters. The first-order chi connectivity index (χ1) is 13.2. The molecular weight excluding hydrogens is 364 g/mol. The van der Waals surface area contributed by atoms with Crippen molar-refractivity contribution < 1.29 is 14.3 Å². The van der Waals surface area contributed by atoms with Crippen molar-refractivity contribution in [2.24, 2.45) is 0 Å². The summed E-state index contributed by atoms with van der Waals surface area (Å²) in [5.41, 5.74) is 1.62. The van der Waals surface area contributed by atoms with Gasteiger partial charge in [0.1, 0.15) is 11.5 Å². The molecule has 2 N–H and O–H groups in total. The summed E-state index contributed by atoms with van der Waals surface area (Å²) >= 11 is 1.27. The fraction of sp³-hybridized carbons (Fsp3) is 0.211. The van der Waals surface area contributed by atoms with Crippen molar-refractivity contribution in [1.29, 1.82) is 0 Å². The van der Waals surface area contributed by atoms with E-state index >= 15 is 0 Å². The molecular formula is C19H20N4O3S. The third-order valence-corrected chi connectivity index (χ3v) is 4.46. The molecule has 0 atom stereocenters. The highest BCUT2D eigenvalue weighted by Gasteiger charge is 2.09. The number of aromatic amines is 1. The summed E-state index contributed by atoms with van der Waals surface area (Å²) in [6, 6.07) is 14.8. The number of nitrogens with one attached hydrogen (secondary N) is 2. The molecule has 1 heterocycles. The maximum atomic E-state index is 12.1. The largest absolute Gasteiger partial charge is 0.497 e. The lowest BCUT2D eigenvalue weighted by Gasteiger charge is -2.06. The highest BCUT2D eigenvalue weighted by Crippen LogP contribution is 2.22. The Bertz CT molecular complexity index is 879. The minimum atomic E-state index is -0.125. The van der Waals surface area contributed by atoms with Crippen LogP contribution in [0.25, 0.3) is 11.4 Å². The van der Waals surface area contributed by atoms with Gasteiger partial charge in [-0.3, -0.25) is 9.89 Å². The van der Waals surface area contributed by atoms with Gasteiger partial charge in [-0.05, 0) is 55.5 Å². The third kappa shape index (κ3) is 5.24. The molecule has 0 bridgehead atoms. The molecule has 8 heteroatoms.